The topological polar surface area (TPSA) is 37.4 Å². The molecule has 0 aliphatic carbocycles. The van der Waals surface area contributed by atoms with Crippen LogP contribution in [0.2, 0.25) is 0 Å². The average Bonchev–Trinajstić information content (AvgIpc) is 2.35. The van der Waals surface area contributed by atoms with Gasteiger partial charge in [0.1, 0.15) is 5.78 Å². The Morgan fingerprint density at radius 3 is 2.47 bits per heavy atom. The standard InChI is InChI=1S/C16H21NO2/c1-12-4-6-13(7-5-12)10-15(19)17-9-8-14(18)16(2,3)11-17/h4-7H,8-11H2,1-3H3. The summed E-state index contributed by atoms with van der Waals surface area (Å²) in [6, 6.07) is 8.03. The summed E-state index contributed by atoms with van der Waals surface area (Å²) in [5, 5.41) is 0. The number of carbonyl (C=O) groups excluding carboxylic acids is 2. The number of piperidine rings is 1. The molecule has 1 saturated heterocycles. The summed E-state index contributed by atoms with van der Waals surface area (Å²) in [7, 11) is 0. The lowest BCUT2D eigenvalue weighted by molar-refractivity contribution is -0.140. The molecule has 102 valence electrons. The Morgan fingerprint density at radius 2 is 1.89 bits per heavy atom. The summed E-state index contributed by atoms with van der Waals surface area (Å²) in [6.07, 6.45) is 0.900. The summed E-state index contributed by atoms with van der Waals surface area (Å²) in [5.74, 6) is 0.372. The van der Waals surface area contributed by atoms with E-state index in [9.17, 15) is 9.59 Å². The van der Waals surface area contributed by atoms with Crippen molar-refractivity contribution in [2.24, 2.45) is 5.41 Å². The highest BCUT2D eigenvalue weighted by atomic mass is 16.2. The Kier molecular flexibility index (Phi) is 3.74. The van der Waals surface area contributed by atoms with Gasteiger partial charge in [-0.05, 0) is 12.5 Å². The number of Topliss-reactive ketones (excluding diaryl/α,β-unsaturated/α-hetero) is 1. The van der Waals surface area contributed by atoms with Crippen LogP contribution >= 0.6 is 0 Å². The first-order chi connectivity index (χ1) is 8.88. The molecule has 1 heterocycles. The number of ketones is 1. The molecular weight excluding hydrogens is 238 g/mol. The molecule has 19 heavy (non-hydrogen) atoms. The normalized spacial score (nSPS) is 18.5. The predicted molar refractivity (Wildman–Crippen MR) is 74.9 cm³/mol. The summed E-state index contributed by atoms with van der Waals surface area (Å²) in [5.41, 5.74) is 1.83. The van der Waals surface area contributed by atoms with E-state index in [2.05, 4.69) is 0 Å². The van der Waals surface area contributed by atoms with Gasteiger partial charge in [-0.3, -0.25) is 9.59 Å². The SMILES string of the molecule is Cc1ccc(CC(=O)N2CCC(=O)C(C)(C)C2)cc1. The van der Waals surface area contributed by atoms with Gasteiger partial charge in [-0.25, -0.2) is 0 Å². The number of hydrogen-bond donors (Lipinski definition) is 0. The minimum atomic E-state index is -0.402. The second-order valence-electron chi connectivity index (χ2n) is 6.03. The van der Waals surface area contributed by atoms with E-state index < -0.39 is 5.41 Å². The second-order valence-corrected chi connectivity index (χ2v) is 6.03. The van der Waals surface area contributed by atoms with Crippen molar-refractivity contribution in [2.45, 2.75) is 33.6 Å². The Bertz CT molecular complexity index is 488. The fourth-order valence-corrected chi connectivity index (χ4v) is 2.42. The van der Waals surface area contributed by atoms with Gasteiger partial charge in [0.2, 0.25) is 5.91 Å². The van der Waals surface area contributed by atoms with Crippen LogP contribution in [0.1, 0.15) is 31.4 Å². The molecule has 2 rings (SSSR count). The maximum absolute atomic E-state index is 12.3. The van der Waals surface area contributed by atoms with Gasteiger partial charge in [0.15, 0.2) is 0 Å². The fraction of sp³-hybridized carbons (Fsp3) is 0.500. The number of carbonyl (C=O) groups is 2. The molecule has 0 radical (unpaired) electrons. The minimum absolute atomic E-state index is 0.115. The van der Waals surface area contributed by atoms with Crippen LogP contribution in [-0.2, 0) is 16.0 Å². The van der Waals surface area contributed by atoms with Gasteiger partial charge in [-0.15, -0.1) is 0 Å². The summed E-state index contributed by atoms with van der Waals surface area (Å²) in [6.45, 7) is 6.97. The number of nitrogens with zero attached hydrogens (tertiary/aromatic N) is 1. The van der Waals surface area contributed by atoms with E-state index in [-0.39, 0.29) is 11.7 Å². The first kappa shape index (κ1) is 13.8. The summed E-state index contributed by atoms with van der Waals surface area (Å²) < 4.78 is 0. The van der Waals surface area contributed by atoms with Gasteiger partial charge < -0.3 is 4.90 Å². The molecule has 1 fully saturated rings. The Morgan fingerprint density at radius 1 is 1.26 bits per heavy atom. The molecule has 1 aliphatic rings. The van der Waals surface area contributed by atoms with Crippen LogP contribution in [0.3, 0.4) is 0 Å². The van der Waals surface area contributed by atoms with E-state index in [1.807, 2.05) is 49.9 Å². The highest BCUT2D eigenvalue weighted by Crippen LogP contribution is 2.25. The van der Waals surface area contributed by atoms with Crippen molar-refractivity contribution in [3.05, 3.63) is 35.4 Å². The molecular formula is C16H21NO2. The van der Waals surface area contributed by atoms with Crippen molar-refractivity contribution in [1.29, 1.82) is 0 Å². The summed E-state index contributed by atoms with van der Waals surface area (Å²) in [4.78, 5) is 25.8. The lowest BCUT2D eigenvalue weighted by Crippen LogP contribution is -2.49. The first-order valence-corrected chi connectivity index (χ1v) is 6.75. The Hall–Kier alpha value is -1.64. The van der Waals surface area contributed by atoms with Crippen LogP contribution in [0.4, 0.5) is 0 Å². The van der Waals surface area contributed by atoms with E-state index in [0.29, 0.717) is 25.9 Å². The van der Waals surface area contributed by atoms with Gasteiger partial charge in [0, 0.05) is 24.9 Å². The monoisotopic (exact) mass is 259 g/mol. The molecule has 0 aromatic heterocycles. The molecule has 0 unspecified atom stereocenters. The van der Waals surface area contributed by atoms with Gasteiger partial charge >= 0.3 is 0 Å². The van der Waals surface area contributed by atoms with Crippen molar-refractivity contribution in [2.75, 3.05) is 13.1 Å². The van der Waals surface area contributed by atoms with Gasteiger partial charge in [0.05, 0.1) is 6.42 Å². The molecule has 0 N–H and O–H groups in total. The van der Waals surface area contributed by atoms with Crippen LogP contribution in [0.5, 0.6) is 0 Å². The zero-order valence-corrected chi connectivity index (χ0v) is 11.9. The molecule has 1 aromatic carbocycles. The molecule has 1 aromatic rings. The van der Waals surface area contributed by atoms with Crippen molar-refractivity contribution in [3.63, 3.8) is 0 Å². The fourth-order valence-electron chi connectivity index (χ4n) is 2.42. The summed E-state index contributed by atoms with van der Waals surface area (Å²) >= 11 is 0. The van der Waals surface area contributed by atoms with Crippen molar-refractivity contribution >= 4 is 11.7 Å². The van der Waals surface area contributed by atoms with Crippen LogP contribution in [0, 0.1) is 12.3 Å². The third kappa shape index (κ3) is 3.22. The Labute approximate surface area is 114 Å². The zero-order chi connectivity index (χ0) is 14.0. The first-order valence-electron chi connectivity index (χ1n) is 6.75. The van der Waals surface area contributed by atoms with Crippen molar-refractivity contribution < 1.29 is 9.59 Å². The Balaban J connectivity index is 2.01. The molecule has 0 saturated carbocycles. The van der Waals surface area contributed by atoms with E-state index in [0.717, 1.165) is 5.56 Å². The maximum Gasteiger partial charge on any atom is 0.227 e. The minimum Gasteiger partial charge on any atom is -0.341 e. The van der Waals surface area contributed by atoms with Crippen molar-refractivity contribution in [3.8, 4) is 0 Å². The average molecular weight is 259 g/mol. The molecule has 1 aliphatic heterocycles. The third-order valence-corrected chi connectivity index (χ3v) is 3.78. The number of rotatable bonds is 2. The number of hydrogen-bond acceptors (Lipinski definition) is 2. The van der Waals surface area contributed by atoms with E-state index in [1.165, 1.54) is 5.56 Å². The molecule has 1 amide bonds. The largest absolute Gasteiger partial charge is 0.341 e. The van der Waals surface area contributed by atoms with E-state index >= 15 is 0 Å². The highest BCUT2D eigenvalue weighted by molar-refractivity contribution is 5.88. The maximum atomic E-state index is 12.3. The number of benzene rings is 1. The zero-order valence-electron chi connectivity index (χ0n) is 11.9. The van der Waals surface area contributed by atoms with E-state index in [4.69, 9.17) is 0 Å². The second kappa shape index (κ2) is 5.16. The van der Waals surface area contributed by atoms with Crippen LogP contribution in [0.15, 0.2) is 24.3 Å². The molecule has 0 spiro atoms. The molecule has 0 atom stereocenters. The van der Waals surface area contributed by atoms with Crippen LogP contribution in [0.25, 0.3) is 0 Å². The molecule has 0 bridgehead atoms. The number of amides is 1. The van der Waals surface area contributed by atoms with E-state index in [1.54, 1.807) is 0 Å². The van der Waals surface area contributed by atoms with Crippen LogP contribution < -0.4 is 0 Å². The lowest BCUT2D eigenvalue weighted by Gasteiger charge is -2.36. The molecule has 3 heteroatoms. The van der Waals surface area contributed by atoms with Gasteiger partial charge in [-0.2, -0.15) is 0 Å². The quantitative estimate of drug-likeness (QED) is 0.817. The number of likely N-dealkylation sites (tertiary alicyclic amines) is 1. The molecule has 3 nitrogen and oxygen atoms in total. The van der Waals surface area contributed by atoms with Crippen LogP contribution in [-0.4, -0.2) is 29.7 Å². The highest BCUT2D eigenvalue weighted by Gasteiger charge is 2.35. The third-order valence-electron chi connectivity index (χ3n) is 3.78. The van der Waals surface area contributed by atoms with Crippen molar-refractivity contribution in [1.82, 2.24) is 4.90 Å². The predicted octanol–water partition coefficient (Wildman–Crippen LogP) is 2.37. The van der Waals surface area contributed by atoms with Gasteiger partial charge in [-0.1, -0.05) is 43.7 Å². The smallest absolute Gasteiger partial charge is 0.227 e. The lowest BCUT2D eigenvalue weighted by atomic mass is 9.82. The van der Waals surface area contributed by atoms with Gasteiger partial charge in [0.25, 0.3) is 0 Å². The number of aryl methyl sites for hydroxylation is 1.